The van der Waals surface area contributed by atoms with Crippen molar-refractivity contribution < 1.29 is 13.2 Å². The van der Waals surface area contributed by atoms with E-state index in [1.165, 1.54) is 15.6 Å². The summed E-state index contributed by atoms with van der Waals surface area (Å²) in [6, 6.07) is 9.24. The third-order valence-corrected chi connectivity index (χ3v) is 7.14. The molecule has 1 fully saturated rings. The number of hydrogen-bond acceptors (Lipinski definition) is 6. The number of nitrogens with one attached hydrogen (secondary N) is 1. The van der Waals surface area contributed by atoms with Crippen molar-refractivity contribution in [1.29, 1.82) is 0 Å². The molecular formula is C17H22N4O3S2. The van der Waals surface area contributed by atoms with E-state index in [1.807, 2.05) is 37.3 Å². The number of carbonyl (C=O) groups is 1. The number of rotatable bonds is 7. The molecule has 0 saturated carbocycles. The summed E-state index contributed by atoms with van der Waals surface area (Å²) in [5.74, 6) is -0.263. The molecule has 0 aliphatic carbocycles. The van der Waals surface area contributed by atoms with Gasteiger partial charge in [-0.2, -0.15) is 4.31 Å². The quantitative estimate of drug-likeness (QED) is 0.778. The second-order valence-electron chi connectivity index (χ2n) is 6.24. The molecule has 0 unspecified atom stereocenters. The summed E-state index contributed by atoms with van der Waals surface area (Å²) in [6.45, 7) is 2.22. The molecule has 1 aromatic carbocycles. The van der Waals surface area contributed by atoms with E-state index in [0.717, 1.165) is 10.6 Å². The molecule has 1 atom stereocenters. The van der Waals surface area contributed by atoms with Crippen molar-refractivity contribution in [3.63, 3.8) is 0 Å². The van der Waals surface area contributed by atoms with Crippen LogP contribution in [-0.2, 0) is 21.2 Å². The van der Waals surface area contributed by atoms with Gasteiger partial charge < -0.3 is 0 Å². The summed E-state index contributed by atoms with van der Waals surface area (Å²) < 4.78 is 26.0. The first kappa shape index (κ1) is 18.9. The van der Waals surface area contributed by atoms with E-state index in [2.05, 4.69) is 15.5 Å². The van der Waals surface area contributed by atoms with Gasteiger partial charge in [0.15, 0.2) is 0 Å². The molecule has 1 N–H and O–H groups in total. The van der Waals surface area contributed by atoms with Gasteiger partial charge in [-0.05, 0) is 24.8 Å². The predicted molar refractivity (Wildman–Crippen MR) is 102 cm³/mol. The number of sulfonamides is 1. The molecule has 7 nitrogen and oxygen atoms in total. The molecule has 0 radical (unpaired) electrons. The van der Waals surface area contributed by atoms with Crippen LogP contribution in [0.2, 0.25) is 0 Å². The van der Waals surface area contributed by atoms with Gasteiger partial charge in [-0.3, -0.25) is 10.1 Å². The summed E-state index contributed by atoms with van der Waals surface area (Å²) in [6.07, 6.45) is 2.40. The fraction of sp³-hybridized carbons (Fsp3) is 0.471. The number of aromatic nitrogens is 2. The van der Waals surface area contributed by atoms with E-state index in [-0.39, 0.29) is 11.7 Å². The number of hydrogen-bond donors (Lipinski definition) is 1. The van der Waals surface area contributed by atoms with Gasteiger partial charge in [0.1, 0.15) is 11.0 Å². The van der Waals surface area contributed by atoms with Crippen LogP contribution in [0.4, 0.5) is 5.13 Å². The average molecular weight is 395 g/mol. The van der Waals surface area contributed by atoms with Crippen molar-refractivity contribution in [3.05, 3.63) is 40.9 Å². The summed E-state index contributed by atoms with van der Waals surface area (Å²) in [5, 5.41) is 12.1. The Morgan fingerprint density at radius 1 is 1.31 bits per heavy atom. The maximum absolute atomic E-state index is 12.6. The van der Waals surface area contributed by atoms with E-state index in [4.69, 9.17) is 0 Å². The molecule has 9 heteroatoms. The molecular weight excluding hydrogens is 372 g/mol. The lowest BCUT2D eigenvalue weighted by molar-refractivity contribution is -0.119. The van der Waals surface area contributed by atoms with Crippen LogP contribution in [0.1, 0.15) is 36.8 Å². The first-order chi connectivity index (χ1) is 12.5. The Morgan fingerprint density at radius 3 is 2.81 bits per heavy atom. The van der Waals surface area contributed by atoms with Crippen LogP contribution in [0.5, 0.6) is 0 Å². The normalized spacial score (nSPS) is 18.1. The van der Waals surface area contributed by atoms with Gasteiger partial charge in [0.05, 0.1) is 5.75 Å². The van der Waals surface area contributed by atoms with Gasteiger partial charge in [0.25, 0.3) is 0 Å². The van der Waals surface area contributed by atoms with Crippen molar-refractivity contribution in [3.8, 4) is 0 Å². The molecule has 1 amide bonds. The zero-order chi connectivity index (χ0) is 18.6. The minimum absolute atomic E-state index is 0.0663. The van der Waals surface area contributed by atoms with Crippen LogP contribution in [0.25, 0.3) is 0 Å². The lowest BCUT2D eigenvalue weighted by Gasteiger charge is -2.22. The Balaban J connectivity index is 1.64. The fourth-order valence-corrected chi connectivity index (χ4v) is 5.57. The third kappa shape index (κ3) is 4.46. The molecule has 0 spiro atoms. The van der Waals surface area contributed by atoms with E-state index < -0.39 is 16.1 Å². The average Bonchev–Trinajstić information content (AvgIpc) is 3.25. The Labute approximate surface area is 157 Å². The van der Waals surface area contributed by atoms with E-state index >= 15 is 0 Å². The Hall–Kier alpha value is -1.84. The van der Waals surface area contributed by atoms with Crippen LogP contribution < -0.4 is 5.32 Å². The van der Waals surface area contributed by atoms with Crippen molar-refractivity contribution in [2.75, 3.05) is 17.6 Å². The van der Waals surface area contributed by atoms with Gasteiger partial charge in [-0.25, -0.2) is 8.42 Å². The van der Waals surface area contributed by atoms with Crippen LogP contribution in [0.15, 0.2) is 30.3 Å². The van der Waals surface area contributed by atoms with Crippen molar-refractivity contribution in [2.45, 2.75) is 38.6 Å². The lowest BCUT2D eigenvalue weighted by atomic mass is 10.2. The first-order valence-electron chi connectivity index (χ1n) is 8.66. The van der Waals surface area contributed by atoms with Crippen LogP contribution in [-0.4, -0.2) is 47.2 Å². The smallest absolute Gasteiger partial charge is 0.244 e. The Morgan fingerprint density at radius 2 is 2.08 bits per heavy atom. The number of carbonyl (C=O) groups excluding carboxylic acids is 1. The summed E-state index contributed by atoms with van der Waals surface area (Å²) in [4.78, 5) is 12.6. The van der Waals surface area contributed by atoms with Gasteiger partial charge in [0.2, 0.25) is 21.1 Å². The van der Waals surface area contributed by atoms with Crippen molar-refractivity contribution in [1.82, 2.24) is 14.5 Å². The second-order valence-corrected chi connectivity index (χ2v) is 9.34. The summed E-state index contributed by atoms with van der Waals surface area (Å²) in [7, 11) is -3.39. The van der Waals surface area contributed by atoms with Crippen LogP contribution in [0, 0.1) is 0 Å². The van der Waals surface area contributed by atoms with E-state index in [1.54, 1.807) is 0 Å². The zero-order valence-electron chi connectivity index (χ0n) is 14.6. The lowest BCUT2D eigenvalue weighted by Crippen LogP contribution is -2.44. The SMILES string of the molecule is CCCS(=O)(=O)N1CCC[C@H]1C(=O)Nc1nnc(Cc2ccccc2)s1. The molecule has 2 heterocycles. The van der Waals surface area contributed by atoms with Crippen molar-refractivity contribution >= 4 is 32.4 Å². The standard InChI is InChI=1S/C17H22N4O3S2/c1-2-11-26(23,24)21-10-6-9-14(21)16(22)18-17-20-19-15(25-17)12-13-7-4-3-5-8-13/h3-5,7-8,14H,2,6,9-12H2,1H3,(H,18,20,22)/t14-/m0/s1. The molecule has 1 aromatic heterocycles. The molecule has 1 saturated heterocycles. The molecule has 1 aliphatic heterocycles. The number of nitrogens with zero attached hydrogens (tertiary/aromatic N) is 3. The minimum atomic E-state index is -3.39. The molecule has 1 aliphatic rings. The highest BCUT2D eigenvalue weighted by Gasteiger charge is 2.38. The third-order valence-electron chi connectivity index (χ3n) is 4.22. The fourth-order valence-electron chi connectivity index (χ4n) is 3.05. The molecule has 3 rings (SSSR count). The molecule has 2 aromatic rings. The highest BCUT2D eigenvalue weighted by molar-refractivity contribution is 7.89. The van der Waals surface area contributed by atoms with Crippen LogP contribution >= 0.6 is 11.3 Å². The van der Waals surface area contributed by atoms with Crippen molar-refractivity contribution in [2.24, 2.45) is 0 Å². The topological polar surface area (TPSA) is 92.3 Å². The Kier molecular flexibility index (Phi) is 6.00. The van der Waals surface area contributed by atoms with E-state index in [9.17, 15) is 13.2 Å². The van der Waals surface area contributed by atoms with Gasteiger partial charge in [0, 0.05) is 13.0 Å². The minimum Gasteiger partial charge on any atom is -0.299 e. The van der Waals surface area contributed by atoms with Crippen LogP contribution in [0.3, 0.4) is 0 Å². The number of benzene rings is 1. The molecule has 26 heavy (non-hydrogen) atoms. The van der Waals surface area contributed by atoms with Gasteiger partial charge in [-0.15, -0.1) is 10.2 Å². The van der Waals surface area contributed by atoms with E-state index in [0.29, 0.717) is 37.4 Å². The number of amides is 1. The Bertz CT molecular complexity index is 852. The monoisotopic (exact) mass is 394 g/mol. The van der Waals surface area contributed by atoms with Gasteiger partial charge >= 0.3 is 0 Å². The summed E-state index contributed by atoms with van der Waals surface area (Å²) >= 11 is 1.31. The maximum Gasteiger partial charge on any atom is 0.244 e. The zero-order valence-corrected chi connectivity index (χ0v) is 16.2. The predicted octanol–water partition coefficient (Wildman–Crippen LogP) is 2.27. The number of anilines is 1. The van der Waals surface area contributed by atoms with Gasteiger partial charge in [-0.1, -0.05) is 48.6 Å². The summed E-state index contributed by atoms with van der Waals surface area (Å²) in [5.41, 5.74) is 1.12. The molecule has 0 bridgehead atoms. The highest BCUT2D eigenvalue weighted by Crippen LogP contribution is 2.24. The molecule has 140 valence electrons. The highest BCUT2D eigenvalue weighted by atomic mass is 32.2. The largest absolute Gasteiger partial charge is 0.299 e. The first-order valence-corrected chi connectivity index (χ1v) is 11.1. The maximum atomic E-state index is 12.6. The second kappa shape index (κ2) is 8.24.